The van der Waals surface area contributed by atoms with E-state index in [-0.39, 0.29) is 17.2 Å². The van der Waals surface area contributed by atoms with Crippen LogP contribution in [0, 0.1) is 10.1 Å². The molecule has 0 bridgehead atoms. The molecule has 1 saturated carbocycles. The van der Waals surface area contributed by atoms with Crippen LogP contribution in [0.2, 0.25) is 0 Å². The zero-order valence-corrected chi connectivity index (χ0v) is 16.7. The van der Waals surface area contributed by atoms with Gasteiger partial charge in [0.15, 0.2) is 0 Å². The predicted molar refractivity (Wildman–Crippen MR) is 111 cm³/mol. The van der Waals surface area contributed by atoms with Gasteiger partial charge in [-0.3, -0.25) is 14.9 Å². The molecule has 1 aliphatic carbocycles. The van der Waals surface area contributed by atoms with Crippen molar-refractivity contribution < 1.29 is 14.5 Å². The van der Waals surface area contributed by atoms with Crippen molar-refractivity contribution in [3.63, 3.8) is 0 Å². The number of rotatable bonds is 10. The third-order valence-corrected chi connectivity index (χ3v) is 4.55. The molecule has 0 unspecified atom stereocenters. The van der Waals surface area contributed by atoms with E-state index in [2.05, 4.69) is 10.6 Å². The number of carbonyl (C=O) groups is 1. The number of amides is 1. The maximum absolute atomic E-state index is 12.5. The van der Waals surface area contributed by atoms with Crippen LogP contribution < -0.4 is 15.4 Å². The summed E-state index contributed by atoms with van der Waals surface area (Å²) in [6.07, 6.45) is 2.02. The smallest absolute Gasteiger partial charge is 0.293 e. The molecule has 1 amide bonds. The lowest BCUT2D eigenvalue weighted by molar-refractivity contribution is -0.384. The zero-order valence-electron chi connectivity index (χ0n) is 16.7. The number of nitro benzene ring substituents is 1. The first-order valence-electron chi connectivity index (χ1n) is 9.62. The van der Waals surface area contributed by atoms with Crippen molar-refractivity contribution in [3.8, 4) is 5.75 Å². The van der Waals surface area contributed by atoms with Crippen molar-refractivity contribution >= 4 is 17.3 Å². The van der Waals surface area contributed by atoms with E-state index in [0.717, 1.165) is 30.7 Å². The van der Waals surface area contributed by atoms with Crippen molar-refractivity contribution in [1.82, 2.24) is 10.2 Å². The number of anilines is 1. The molecule has 3 rings (SSSR count). The molecule has 1 aliphatic rings. The van der Waals surface area contributed by atoms with Gasteiger partial charge in [0.25, 0.3) is 11.6 Å². The summed E-state index contributed by atoms with van der Waals surface area (Å²) < 4.78 is 5.70. The second-order valence-corrected chi connectivity index (χ2v) is 7.39. The molecule has 0 aromatic heterocycles. The van der Waals surface area contributed by atoms with Crippen molar-refractivity contribution in [2.24, 2.45) is 0 Å². The lowest BCUT2D eigenvalue weighted by Gasteiger charge is -2.12. The van der Waals surface area contributed by atoms with Gasteiger partial charge in [-0.1, -0.05) is 12.1 Å². The van der Waals surface area contributed by atoms with Crippen LogP contribution in [-0.2, 0) is 6.54 Å². The molecular weight excluding hydrogens is 372 g/mol. The molecule has 2 N–H and O–H groups in total. The normalized spacial score (nSPS) is 13.2. The van der Waals surface area contributed by atoms with Gasteiger partial charge in [-0.15, -0.1) is 0 Å². The van der Waals surface area contributed by atoms with Gasteiger partial charge in [0.1, 0.15) is 18.0 Å². The Bertz CT molecular complexity index is 881. The summed E-state index contributed by atoms with van der Waals surface area (Å²) in [4.78, 5) is 25.4. The number of ether oxygens (including phenoxy) is 1. The zero-order chi connectivity index (χ0) is 20.8. The molecule has 0 heterocycles. The highest BCUT2D eigenvalue weighted by Gasteiger charge is 2.25. The molecule has 2 aromatic carbocycles. The minimum atomic E-state index is -0.462. The summed E-state index contributed by atoms with van der Waals surface area (Å²) in [6, 6.07) is 12.3. The molecule has 29 heavy (non-hydrogen) atoms. The maximum Gasteiger partial charge on any atom is 0.293 e. The summed E-state index contributed by atoms with van der Waals surface area (Å²) in [5.41, 5.74) is 1.52. The fraction of sp³-hybridized carbons (Fsp3) is 0.381. The van der Waals surface area contributed by atoms with E-state index in [1.54, 1.807) is 12.1 Å². The Balaban J connectivity index is 1.60. The molecule has 8 nitrogen and oxygen atoms in total. The number of hydrogen-bond acceptors (Lipinski definition) is 6. The van der Waals surface area contributed by atoms with Gasteiger partial charge in [-0.2, -0.15) is 0 Å². The Morgan fingerprint density at radius 3 is 2.72 bits per heavy atom. The largest absolute Gasteiger partial charge is 0.492 e. The number of likely N-dealkylation sites (N-methyl/N-ethyl adjacent to an activating group) is 1. The fourth-order valence-electron chi connectivity index (χ4n) is 2.77. The molecule has 0 spiro atoms. The average Bonchev–Trinajstić information content (AvgIpc) is 3.50. The highest BCUT2D eigenvalue weighted by atomic mass is 16.6. The standard InChI is InChI=1S/C21H26N4O4/c1-24(2)10-11-29-18-5-3-4-15(12-18)14-22-21(26)16-6-9-19(23-17-7-8-17)20(13-16)25(27)28/h3-6,9,12-13,17,23H,7-8,10-11,14H2,1-2H3,(H,22,26). The predicted octanol–water partition coefficient (Wildman–Crippen LogP) is 3.04. The highest BCUT2D eigenvalue weighted by molar-refractivity contribution is 5.95. The van der Waals surface area contributed by atoms with E-state index in [9.17, 15) is 14.9 Å². The number of hydrogen-bond donors (Lipinski definition) is 2. The molecule has 0 saturated heterocycles. The Morgan fingerprint density at radius 2 is 2.03 bits per heavy atom. The SMILES string of the molecule is CN(C)CCOc1cccc(CNC(=O)c2ccc(NC3CC3)c([N+](=O)[O-])c2)c1. The quantitative estimate of drug-likeness (QED) is 0.472. The highest BCUT2D eigenvalue weighted by Crippen LogP contribution is 2.31. The number of carbonyl (C=O) groups excluding carboxylic acids is 1. The first-order chi connectivity index (χ1) is 13.9. The van der Waals surface area contributed by atoms with E-state index < -0.39 is 4.92 Å². The molecule has 154 valence electrons. The van der Waals surface area contributed by atoms with Crippen LogP contribution in [0.5, 0.6) is 5.75 Å². The first kappa shape index (κ1) is 20.6. The van der Waals surface area contributed by atoms with E-state index in [1.807, 2.05) is 43.3 Å². The summed E-state index contributed by atoms with van der Waals surface area (Å²) >= 11 is 0. The van der Waals surface area contributed by atoms with Crippen molar-refractivity contribution in [2.75, 3.05) is 32.6 Å². The van der Waals surface area contributed by atoms with Crippen molar-refractivity contribution in [2.45, 2.75) is 25.4 Å². The molecule has 0 atom stereocenters. The number of benzene rings is 2. The van der Waals surface area contributed by atoms with Crippen LogP contribution in [0.15, 0.2) is 42.5 Å². The summed E-state index contributed by atoms with van der Waals surface area (Å²) in [7, 11) is 3.96. The van der Waals surface area contributed by atoms with Crippen molar-refractivity contribution in [1.29, 1.82) is 0 Å². The van der Waals surface area contributed by atoms with Gasteiger partial charge in [0.2, 0.25) is 0 Å². The van der Waals surface area contributed by atoms with Gasteiger partial charge in [-0.25, -0.2) is 0 Å². The monoisotopic (exact) mass is 398 g/mol. The molecular formula is C21H26N4O4. The minimum Gasteiger partial charge on any atom is -0.492 e. The Kier molecular flexibility index (Phi) is 6.66. The van der Waals surface area contributed by atoms with E-state index in [0.29, 0.717) is 24.9 Å². The molecule has 0 aliphatic heterocycles. The lowest BCUT2D eigenvalue weighted by atomic mass is 10.1. The number of nitrogens with zero attached hydrogens (tertiary/aromatic N) is 2. The minimum absolute atomic E-state index is 0.0826. The van der Waals surface area contributed by atoms with Crippen LogP contribution in [0.3, 0.4) is 0 Å². The van der Waals surface area contributed by atoms with E-state index in [1.165, 1.54) is 6.07 Å². The van der Waals surface area contributed by atoms with Gasteiger partial charge >= 0.3 is 0 Å². The van der Waals surface area contributed by atoms with Crippen LogP contribution in [-0.4, -0.2) is 49.0 Å². The Morgan fingerprint density at radius 1 is 1.24 bits per heavy atom. The van der Waals surface area contributed by atoms with Gasteiger partial charge in [0.05, 0.1) is 4.92 Å². The second-order valence-electron chi connectivity index (χ2n) is 7.39. The summed E-state index contributed by atoms with van der Waals surface area (Å²) in [6.45, 7) is 1.69. The third-order valence-electron chi connectivity index (χ3n) is 4.55. The second kappa shape index (κ2) is 9.38. The Hall–Kier alpha value is -3.13. The summed E-state index contributed by atoms with van der Waals surface area (Å²) in [5.74, 6) is 0.384. The average molecular weight is 398 g/mol. The first-order valence-corrected chi connectivity index (χ1v) is 9.62. The topological polar surface area (TPSA) is 96.7 Å². The van der Waals surface area contributed by atoms with E-state index >= 15 is 0 Å². The van der Waals surface area contributed by atoms with Gasteiger partial charge in [-0.05, 0) is 56.8 Å². The number of nitrogens with one attached hydrogen (secondary N) is 2. The molecule has 8 heteroatoms. The van der Waals surface area contributed by atoms with Crippen LogP contribution >= 0.6 is 0 Å². The van der Waals surface area contributed by atoms with Crippen LogP contribution in [0.1, 0.15) is 28.8 Å². The molecule has 2 aromatic rings. The fourth-order valence-corrected chi connectivity index (χ4v) is 2.77. The Labute approximate surface area is 170 Å². The molecule has 1 fully saturated rings. The van der Waals surface area contributed by atoms with Crippen LogP contribution in [0.25, 0.3) is 0 Å². The lowest BCUT2D eigenvalue weighted by Crippen LogP contribution is -2.23. The maximum atomic E-state index is 12.5. The van der Waals surface area contributed by atoms with Gasteiger partial charge in [0, 0.05) is 30.8 Å². The third kappa shape index (κ3) is 6.18. The summed E-state index contributed by atoms with van der Waals surface area (Å²) in [5, 5.41) is 17.3. The van der Waals surface area contributed by atoms with E-state index in [4.69, 9.17) is 4.74 Å². The number of nitro groups is 1. The van der Waals surface area contributed by atoms with Gasteiger partial charge < -0.3 is 20.3 Å². The van der Waals surface area contributed by atoms with Crippen molar-refractivity contribution in [3.05, 3.63) is 63.7 Å². The molecule has 0 radical (unpaired) electrons. The van der Waals surface area contributed by atoms with Crippen LogP contribution in [0.4, 0.5) is 11.4 Å².